The fourth-order valence-electron chi connectivity index (χ4n) is 3.42. The zero-order valence-electron chi connectivity index (χ0n) is 18.3. The molecule has 0 aliphatic carbocycles. The first-order chi connectivity index (χ1) is 15.8. The van der Waals surface area contributed by atoms with Gasteiger partial charge >= 0.3 is 12.0 Å². The SMILES string of the molecule is CCOC(=O)CNCc1c(C)cccc1-c1cccc(N(C(N)=O)c2c(F)cccc2F)n1. The van der Waals surface area contributed by atoms with Gasteiger partial charge in [-0.2, -0.15) is 0 Å². The molecule has 0 radical (unpaired) electrons. The smallest absolute Gasteiger partial charge is 0.325 e. The number of nitrogens with zero attached hydrogens (tertiary/aromatic N) is 2. The molecule has 0 atom stereocenters. The molecule has 0 spiro atoms. The Morgan fingerprint density at radius 2 is 1.73 bits per heavy atom. The third kappa shape index (κ3) is 5.50. The third-order valence-electron chi connectivity index (χ3n) is 4.91. The summed E-state index contributed by atoms with van der Waals surface area (Å²) in [4.78, 5) is 29.0. The molecular formula is C24H24F2N4O3. The number of aromatic nitrogens is 1. The number of aryl methyl sites for hydroxylation is 1. The van der Waals surface area contributed by atoms with Gasteiger partial charge in [-0.15, -0.1) is 0 Å². The highest BCUT2D eigenvalue weighted by atomic mass is 19.1. The minimum Gasteiger partial charge on any atom is -0.465 e. The van der Waals surface area contributed by atoms with Crippen molar-refractivity contribution in [1.29, 1.82) is 0 Å². The first-order valence-electron chi connectivity index (χ1n) is 10.3. The van der Waals surface area contributed by atoms with Crippen molar-refractivity contribution in [3.63, 3.8) is 0 Å². The molecule has 3 N–H and O–H groups in total. The lowest BCUT2D eigenvalue weighted by Gasteiger charge is -2.21. The van der Waals surface area contributed by atoms with E-state index in [0.717, 1.165) is 28.8 Å². The van der Waals surface area contributed by atoms with E-state index in [1.165, 1.54) is 12.1 Å². The molecule has 7 nitrogen and oxygen atoms in total. The molecular weight excluding hydrogens is 430 g/mol. The van der Waals surface area contributed by atoms with Crippen molar-refractivity contribution < 1.29 is 23.1 Å². The Bertz CT molecular complexity index is 1150. The predicted octanol–water partition coefficient (Wildman–Crippen LogP) is 4.20. The molecule has 0 saturated heterocycles. The lowest BCUT2D eigenvalue weighted by atomic mass is 9.99. The van der Waals surface area contributed by atoms with E-state index in [4.69, 9.17) is 10.5 Å². The van der Waals surface area contributed by atoms with E-state index in [0.29, 0.717) is 23.7 Å². The highest BCUT2D eigenvalue weighted by molar-refractivity contribution is 5.98. The fraction of sp³-hybridized carbons (Fsp3) is 0.208. The Hall–Kier alpha value is -3.85. The van der Waals surface area contributed by atoms with Gasteiger partial charge in [-0.3, -0.25) is 4.79 Å². The van der Waals surface area contributed by atoms with Gasteiger partial charge in [-0.1, -0.05) is 30.3 Å². The molecule has 0 aliphatic rings. The summed E-state index contributed by atoms with van der Waals surface area (Å²) in [5, 5.41) is 3.05. The number of para-hydroxylation sites is 1. The summed E-state index contributed by atoms with van der Waals surface area (Å²) in [5.41, 5.74) is 7.87. The summed E-state index contributed by atoms with van der Waals surface area (Å²) >= 11 is 0. The molecule has 3 rings (SSSR count). The summed E-state index contributed by atoms with van der Waals surface area (Å²) in [6.07, 6.45) is 0. The van der Waals surface area contributed by atoms with Crippen LogP contribution in [0.2, 0.25) is 0 Å². The molecule has 0 bridgehead atoms. The molecule has 2 aromatic carbocycles. The number of halogens is 2. The van der Waals surface area contributed by atoms with Gasteiger partial charge in [0.1, 0.15) is 23.1 Å². The zero-order valence-corrected chi connectivity index (χ0v) is 18.3. The van der Waals surface area contributed by atoms with E-state index < -0.39 is 23.4 Å². The number of ether oxygens (including phenoxy) is 1. The van der Waals surface area contributed by atoms with Crippen LogP contribution in [0.4, 0.5) is 25.1 Å². The van der Waals surface area contributed by atoms with Crippen LogP contribution in [-0.2, 0) is 16.1 Å². The zero-order chi connectivity index (χ0) is 24.0. The van der Waals surface area contributed by atoms with Crippen LogP contribution in [0.25, 0.3) is 11.3 Å². The van der Waals surface area contributed by atoms with Gasteiger partial charge in [-0.05, 0) is 49.2 Å². The number of nitrogens with one attached hydrogen (secondary N) is 1. The summed E-state index contributed by atoms with van der Waals surface area (Å²) < 4.78 is 33.7. The average Bonchev–Trinajstić information content (AvgIpc) is 2.77. The largest absolute Gasteiger partial charge is 0.465 e. The van der Waals surface area contributed by atoms with Gasteiger partial charge in [0.15, 0.2) is 0 Å². The summed E-state index contributed by atoms with van der Waals surface area (Å²) in [6, 6.07) is 12.5. The van der Waals surface area contributed by atoms with Crippen LogP contribution < -0.4 is 16.0 Å². The maximum Gasteiger partial charge on any atom is 0.325 e. The first-order valence-corrected chi connectivity index (χ1v) is 10.3. The van der Waals surface area contributed by atoms with Gasteiger partial charge in [0.25, 0.3) is 0 Å². The quantitative estimate of drug-likeness (QED) is 0.497. The second-order valence-electron chi connectivity index (χ2n) is 7.13. The Morgan fingerprint density at radius 1 is 1.06 bits per heavy atom. The Labute approximate surface area is 190 Å². The number of carbonyl (C=O) groups excluding carboxylic acids is 2. The van der Waals surface area contributed by atoms with Crippen molar-refractivity contribution in [1.82, 2.24) is 10.3 Å². The molecule has 9 heteroatoms. The van der Waals surface area contributed by atoms with Gasteiger partial charge in [-0.25, -0.2) is 23.5 Å². The van der Waals surface area contributed by atoms with Crippen molar-refractivity contribution in [3.05, 3.63) is 77.4 Å². The molecule has 0 saturated carbocycles. The molecule has 172 valence electrons. The van der Waals surface area contributed by atoms with Crippen molar-refractivity contribution in [2.75, 3.05) is 18.1 Å². The van der Waals surface area contributed by atoms with Crippen LogP contribution in [-0.4, -0.2) is 30.1 Å². The van der Waals surface area contributed by atoms with Crippen LogP contribution >= 0.6 is 0 Å². The molecule has 2 amide bonds. The van der Waals surface area contributed by atoms with Crippen LogP contribution in [0.1, 0.15) is 18.1 Å². The number of nitrogens with two attached hydrogens (primary N) is 1. The molecule has 33 heavy (non-hydrogen) atoms. The first kappa shape index (κ1) is 23.8. The number of hydrogen-bond donors (Lipinski definition) is 2. The molecule has 0 fully saturated rings. The Kier molecular flexibility index (Phi) is 7.68. The van der Waals surface area contributed by atoms with Crippen molar-refractivity contribution in [2.24, 2.45) is 5.73 Å². The monoisotopic (exact) mass is 454 g/mol. The van der Waals surface area contributed by atoms with Gasteiger partial charge in [0.05, 0.1) is 18.8 Å². The maximum atomic E-state index is 14.4. The van der Waals surface area contributed by atoms with Gasteiger partial charge < -0.3 is 15.8 Å². The summed E-state index contributed by atoms with van der Waals surface area (Å²) in [5.74, 6) is -2.28. The lowest BCUT2D eigenvalue weighted by Crippen LogP contribution is -2.33. The van der Waals surface area contributed by atoms with Gasteiger partial charge in [0.2, 0.25) is 0 Å². The van der Waals surface area contributed by atoms with Crippen LogP contribution in [0.15, 0.2) is 54.6 Å². The van der Waals surface area contributed by atoms with Crippen molar-refractivity contribution in [2.45, 2.75) is 20.4 Å². The van der Waals surface area contributed by atoms with E-state index in [1.54, 1.807) is 19.1 Å². The number of esters is 1. The number of primary amides is 1. The normalized spacial score (nSPS) is 10.7. The highest BCUT2D eigenvalue weighted by Gasteiger charge is 2.24. The van der Waals surface area contributed by atoms with E-state index in [1.807, 2.05) is 25.1 Å². The number of anilines is 2. The number of rotatable bonds is 8. The molecule has 1 heterocycles. The van der Waals surface area contributed by atoms with Gasteiger partial charge in [0, 0.05) is 12.1 Å². The maximum absolute atomic E-state index is 14.4. The number of amides is 2. The summed E-state index contributed by atoms with van der Waals surface area (Å²) in [6.45, 7) is 4.34. The van der Waals surface area contributed by atoms with Crippen LogP contribution in [0.3, 0.4) is 0 Å². The fourth-order valence-corrected chi connectivity index (χ4v) is 3.42. The van der Waals surface area contributed by atoms with Crippen LogP contribution in [0.5, 0.6) is 0 Å². The molecule has 3 aromatic rings. The van der Waals surface area contributed by atoms with E-state index >= 15 is 0 Å². The topological polar surface area (TPSA) is 97.5 Å². The number of urea groups is 1. The number of hydrogen-bond acceptors (Lipinski definition) is 5. The average molecular weight is 454 g/mol. The third-order valence-corrected chi connectivity index (χ3v) is 4.91. The second kappa shape index (κ2) is 10.6. The minimum atomic E-state index is -1.08. The van der Waals surface area contributed by atoms with Crippen molar-refractivity contribution >= 4 is 23.5 Å². The number of benzene rings is 2. The standard InChI is InChI=1S/C24H24F2N4O3/c1-3-33-22(31)14-28-13-17-15(2)7-4-8-16(17)20-11-6-12-21(29-20)30(24(27)32)23-18(25)9-5-10-19(23)26/h4-12,28H,3,13-14H2,1-2H3,(H2,27,32). The minimum absolute atomic E-state index is 0.0315. The second-order valence-corrected chi connectivity index (χ2v) is 7.13. The number of carbonyl (C=O) groups is 2. The highest BCUT2D eigenvalue weighted by Crippen LogP contribution is 2.32. The number of pyridine rings is 1. The molecule has 1 aromatic heterocycles. The van der Waals surface area contributed by atoms with E-state index in [-0.39, 0.29) is 18.3 Å². The summed E-state index contributed by atoms with van der Waals surface area (Å²) in [7, 11) is 0. The Morgan fingerprint density at radius 3 is 2.39 bits per heavy atom. The Balaban J connectivity index is 1.99. The van der Waals surface area contributed by atoms with E-state index in [9.17, 15) is 18.4 Å². The van der Waals surface area contributed by atoms with Crippen molar-refractivity contribution in [3.8, 4) is 11.3 Å². The van der Waals surface area contributed by atoms with Crippen LogP contribution in [0, 0.1) is 18.6 Å². The predicted molar refractivity (Wildman–Crippen MR) is 121 cm³/mol. The molecule has 0 unspecified atom stereocenters. The van der Waals surface area contributed by atoms with E-state index in [2.05, 4.69) is 10.3 Å². The molecule has 0 aliphatic heterocycles. The lowest BCUT2D eigenvalue weighted by molar-refractivity contribution is -0.142.